The number of nitrogens with zero attached hydrogens (tertiary/aromatic N) is 2. The number of β-amino-alcohol motifs (C(OH)–C–C–N with tert-alkyl or cyclic N) is 1. The SMILES string of the molecule is Cc1ncsc1-c1ccc(CNC(=O)[C@@H]2C[C@@H](O)CN2C(=O)[C@@H](NC(=O)CCOCCNC(=O)Cc2ccccc2)C(C)(C)C)cc1. The van der Waals surface area contributed by atoms with Crippen molar-refractivity contribution in [3.63, 3.8) is 0 Å². The van der Waals surface area contributed by atoms with E-state index in [1.165, 1.54) is 4.90 Å². The molecule has 1 saturated heterocycles. The van der Waals surface area contributed by atoms with Crippen molar-refractivity contribution < 1.29 is 29.0 Å². The van der Waals surface area contributed by atoms with Gasteiger partial charge in [-0.2, -0.15) is 0 Å². The monoisotopic (exact) mass is 663 g/mol. The van der Waals surface area contributed by atoms with E-state index in [0.29, 0.717) is 6.54 Å². The molecule has 2 heterocycles. The van der Waals surface area contributed by atoms with Crippen molar-refractivity contribution in [2.45, 2.75) is 71.7 Å². The van der Waals surface area contributed by atoms with E-state index in [0.717, 1.165) is 27.3 Å². The van der Waals surface area contributed by atoms with Crippen LogP contribution in [0, 0.1) is 12.3 Å². The normalized spacial score (nSPS) is 16.8. The molecule has 2 aromatic carbocycles. The zero-order valence-electron chi connectivity index (χ0n) is 27.5. The first-order valence-electron chi connectivity index (χ1n) is 15.9. The number of rotatable bonds is 14. The molecule has 252 valence electrons. The van der Waals surface area contributed by atoms with Gasteiger partial charge in [-0.05, 0) is 29.0 Å². The third-order valence-electron chi connectivity index (χ3n) is 7.96. The summed E-state index contributed by atoms with van der Waals surface area (Å²) in [6.07, 6.45) is -0.438. The van der Waals surface area contributed by atoms with Gasteiger partial charge < -0.3 is 30.7 Å². The zero-order chi connectivity index (χ0) is 34.0. The molecule has 12 heteroatoms. The molecule has 1 aromatic heterocycles. The number of thiazole rings is 1. The lowest BCUT2D eigenvalue weighted by Gasteiger charge is -2.35. The van der Waals surface area contributed by atoms with Gasteiger partial charge in [0, 0.05) is 32.5 Å². The molecule has 0 saturated carbocycles. The number of amides is 4. The lowest BCUT2D eigenvalue weighted by atomic mass is 9.85. The maximum absolute atomic E-state index is 13.8. The molecule has 11 nitrogen and oxygen atoms in total. The van der Waals surface area contributed by atoms with Crippen LogP contribution in [-0.2, 0) is 36.9 Å². The molecule has 3 atom stereocenters. The fourth-order valence-corrected chi connectivity index (χ4v) is 6.20. The van der Waals surface area contributed by atoms with Gasteiger partial charge in [0.05, 0.1) is 41.8 Å². The van der Waals surface area contributed by atoms with Crippen molar-refractivity contribution in [1.82, 2.24) is 25.8 Å². The van der Waals surface area contributed by atoms with Gasteiger partial charge in [0.2, 0.25) is 23.6 Å². The molecule has 47 heavy (non-hydrogen) atoms. The Balaban J connectivity index is 1.24. The fraction of sp³-hybridized carbons (Fsp3) is 0.457. The van der Waals surface area contributed by atoms with Crippen LogP contribution in [0.15, 0.2) is 60.1 Å². The summed E-state index contributed by atoms with van der Waals surface area (Å²) in [5.74, 6) is -1.27. The van der Waals surface area contributed by atoms with E-state index in [9.17, 15) is 24.3 Å². The minimum Gasteiger partial charge on any atom is -0.391 e. The molecular formula is C35H45N5O6S. The van der Waals surface area contributed by atoms with Gasteiger partial charge in [-0.15, -0.1) is 11.3 Å². The van der Waals surface area contributed by atoms with Crippen LogP contribution in [0.5, 0.6) is 0 Å². The van der Waals surface area contributed by atoms with E-state index in [4.69, 9.17) is 4.74 Å². The third kappa shape index (κ3) is 10.4. The van der Waals surface area contributed by atoms with Crippen molar-refractivity contribution in [1.29, 1.82) is 0 Å². The van der Waals surface area contributed by atoms with Gasteiger partial charge in [0.15, 0.2) is 0 Å². The van der Waals surface area contributed by atoms with E-state index in [2.05, 4.69) is 20.9 Å². The minimum absolute atomic E-state index is 0.00136. The Kier molecular flexibility index (Phi) is 12.6. The molecule has 3 aromatic rings. The average molecular weight is 664 g/mol. The van der Waals surface area contributed by atoms with Crippen molar-refractivity contribution in [3.8, 4) is 10.4 Å². The summed E-state index contributed by atoms with van der Waals surface area (Å²) in [4.78, 5) is 58.8. The minimum atomic E-state index is -0.921. The molecule has 0 unspecified atom stereocenters. The van der Waals surface area contributed by atoms with Crippen molar-refractivity contribution >= 4 is 35.0 Å². The van der Waals surface area contributed by atoms with Crippen molar-refractivity contribution in [2.24, 2.45) is 5.41 Å². The highest BCUT2D eigenvalue weighted by molar-refractivity contribution is 7.13. The Morgan fingerprint density at radius 2 is 1.72 bits per heavy atom. The lowest BCUT2D eigenvalue weighted by molar-refractivity contribution is -0.144. The first-order chi connectivity index (χ1) is 22.4. The molecule has 0 bridgehead atoms. The van der Waals surface area contributed by atoms with Gasteiger partial charge in [-0.3, -0.25) is 19.2 Å². The number of nitrogens with one attached hydrogen (secondary N) is 3. The molecule has 1 fully saturated rings. The van der Waals surface area contributed by atoms with Crippen LogP contribution in [0.2, 0.25) is 0 Å². The van der Waals surface area contributed by atoms with E-state index in [1.54, 1.807) is 11.3 Å². The summed E-state index contributed by atoms with van der Waals surface area (Å²) in [6.45, 7) is 8.42. The van der Waals surface area contributed by atoms with Gasteiger partial charge in [0.25, 0.3) is 0 Å². The van der Waals surface area contributed by atoms with E-state index in [1.807, 2.05) is 87.8 Å². The number of ether oxygens (including phenoxy) is 1. The molecule has 1 aliphatic heterocycles. The van der Waals surface area contributed by atoms with Gasteiger partial charge in [-0.25, -0.2) is 4.98 Å². The highest BCUT2D eigenvalue weighted by Crippen LogP contribution is 2.28. The molecule has 1 aliphatic rings. The number of aryl methyl sites for hydroxylation is 1. The topological polar surface area (TPSA) is 150 Å². The molecule has 0 radical (unpaired) electrons. The number of aromatic nitrogens is 1. The molecule has 4 N–H and O–H groups in total. The summed E-state index contributed by atoms with van der Waals surface area (Å²) >= 11 is 1.57. The Bertz CT molecular complexity index is 1500. The number of aliphatic hydroxyl groups is 1. The molecular weight excluding hydrogens is 618 g/mol. The number of aliphatic hydroxyl groups excluding tert-OH is 1. The lowest BCUT2D eigenvalue weighted by Crippen LogP contribution is -2.57. The summed E-state index contributed by atoms with van der Waals surface area (Å²) in [5.41, 5.74) is 4.99. The summed E-state index contributed by atoms with van der Waals surface area (Å²) in [5, 5.41) is 19.0. The van der Waals surface area contributed by atoms with Crippen molar-refractivity contribution in [3.05, 3.63) is 76.9 Å². The number of hydrogen-bond donors (Lipinski definition) is 4. The Hall–Kier alpha value is -4.13. The maximum Gasteiger partial charge on any atom is 0.246 e. The quantitative estimate of drug-likeness (QED) is 0.194. The van der Waals surface area contributed by atoms with Gasteiger partial charge in [0.1, 0.15) is 12.1 Å². The summed E-state index contributed by atoms with van der Waals surface area (Å²) in [7, 11) is 0. The highest BCUT2D eigenvalue weighted by atomic mass is 32.1. The van der Waals surface area contributed by atoms with Crippen LogP contribution >= 0.6 is 11.3 Å². The van der Waals surface area contributed by atoms with Crippen LogP contribution in [-0.4, -0.2) is 83.1 Å². The molecule has 4 rings (SSSR count). The second kappa shape index (κ2) is 16.6. The average Bonchev–Trinajstić information content (AvgIpc) is 3.65. The number of benzene rings is 2. The fourth-order valence-electron chi connectivity index (χ4n) is 5.39. The Morgan fingerprint density at radius 1 is 1.00 bits per heavy atom. The van der Waals surface area contributed by atoms with E-state index in [-0.39, 0.29) is 63.3 Å². The van der Waals surface area contributed by atoms with Crippen LogP contribution in [0.3, 0.4) is 0 Å². The molecule has 4 amide bonds. The predicted molar refractivity (Wildman–Crippen MR) is 180 cm³/mol. The van der Waals surface area contributed by atoms with E-state index >= 15 is 0 Å². The Labute approximate surface area is 280 Å². The van der Waals surface area contributed by atoms with Crippen molar-refractivity contribution in [2.75, 3.05) is 26.3 Å². The first-order valence-corrected chi connectivity index (χ1v) is 16.7. The zero-order valence-corrected chi connectivity index (χ0v) is 28.3. The summed E-state index contributed by atoms with van der Waals surface area (Å²) < 4.78 is 5.53. The van der Waals surface area contributed by atoms with Gasteiger partial charge >= 0.3 is 0 Å². The molecule has 0 spiro atoms. The molecule has 0 aliphatic carbocycles. The standard InChI is InChI=1S/C35H45N5O6S/c1-23-31(47-22-38-23)26-12-10-25(11-13-26)20-37-33(44)28-19-27(41)21-40(28)34(45)32(35(2,3)4)39-29(42)14-16-46-17-15-36-30(43)18-24-8-6-5-7-9-24/h5-13,22,27-28,32,41H,14-21H2,1-4H3,(H,36,43)(H,37,44)(H,39,42)/t27-,28+,32-/m1/s1. The van der Waals surface area contributed by atoms with Gasteiger partial charge in [-0.1, -0.05) is 75.4 Å². The van der Waals surface area contributed by atoms with Crippen LogP contribution in [0.1, 0.15) is 50.4 Å². The highest BCUT2D eigenvalue weighted by Gasteiger charge is 2.44. The summed E-state index contributed by atoms with van der Waals surface area (Å²) in [6, 6.07) is 15.5. The van der Waals surface area contributed by atoms with Crippen LogP contribution in [0.25, 0.3) is 10.4 Å². The maximum atomic E-state index is 13.8. The number of likely N-dealkylation sites (tertiary alicyclic amines) is 1. The van der Waals surface area contributed by atoms with Crippen LogP contribution < -0.4 is 16.0 Å². The second-order valence-electron chi connectivity index (χ2n) is 12.8. The van der Waals surface area contributed by atoms with E-state index < -0.39 is 29.5 Å². The first kappa shape index (κ1) is 35.7. The number of carbonyl (C=O) groups excluding carboxylic acids is 4. The Morgan fingerprint density at radius 3 is 2.38 bits per heavy atom. The van der Waals surface area contributed by atoms with Crippen LogP contribution in [0.4, 0.5) is 0 Å². The third-order valence-corrected chi connectivity index (χ3v) is 8.94. The largest absolute Gasteiger partial charge is 0.391 e. The number of hydrogen-bond acceptors (Lipinski definition) is 8. The smallest absolute Gasteiger partial charge is 0.246 e. The second-order valence-corrected chi connectivity index (χ2v) is 13.7. The number of carbonyl (C=O) groups is 4. The predicted octanol–water partition coefficient (Wildman–Crippen LogP) is 2.99.